The molecule has 4 aliphatic rings. The Kier molecular flexibility index (Phi) is 3.69. The summed E-state index contributed by atoms with van der Waals surface area (Å²) in [6.45, 7) is 6.86. The molecule has 134 valence electrons. The summed E-state index contributed by atoms with van der Waals surface area (Å²) < 4.78 is 0. The van der Waals surface area contributed by atoms with Gasteiger partial charge in [-0.3, -0.25) is 4.79 Å². The van der Waals surface area contributed by atoms with Crippen molar-refractivity contribution in [2.45, 2.75) is 71.8 Å². The van der Waals surface area contributed by atoms with Crippen molar-refractivity contribution in [3.8, 4) is 0 Å². The van der Waals surface area contributed by atoms with Gasteiger partial charge in [-0.25, -0.2) is 0 Å². The van der Waals surface area contributed by atoms with E-state index in [1.807, 2.05) is 0 Å². The minimum atomic E-state index is -0.132. The molecule has 2 N–H and O–H groups in total. The van der Waals surface area contributed by atoms with Crippen molar-refractivity contribution in [2.24, 2.45) is 40.4 Å². The van der Waals surface area contributed by atoms with Crippen LogP contribution < -0.4 is 0 Å². The van der Waals surface area contributed by atoms with Gasteiger partial charge in [0.2, 0.25) is 0 Å². The third-order valence-corrected chi connectivity index (χ3v) is 9.21. The van der Waals surface area contributed by atoms with Crippen molar-refractivity contribution >= 4 is 5.78 Å². The lowest BCUT2D eigenvalue weighted by Crippen LogP contribution is -2.57. The quantitative estimate of drug-likeness (QED) is 0.515. The smallest absolute Gasteiger partial charge is 0.162 e. The lowest BCUT2D eigenvalue weighted by Gasteiger charge is -2.62. The van der Waals surface area contributed by atoms with Crippen LogP contribution in [0.25, 0.3) is 0 Å². The summed E-state index contributed by atoms with van der Waals surface area (Å²) in [5.74, 6) is 2.69. The van der Waals surface area contributed by atoms with Gasteiger partial charge in [-0.15, -0.1) is 0 Å². The Balaban J connectivity index is 1.71. The molecule has 0 saturated heterocycles. The van der Waals surface area contributed by atoms with Crippen LogP contribution >= 0.6 is 0 Å². The van der Waals surface area contributed by atoms with Gasteiger partial charge in [0, 0.05) is 12.0 Å². The molecule has 4 saturated carbocycles. The largest absolute Gasteiger partial charge is 0.515 e. The van der Waals surface area contributed by atoms with Crippen LogP contribution in [0.15, 0.2) is 11.8 Å². The third kappa shape index (κ3) is 1.91. The van der Waals surface area contributed by atoms with E-state index in [-0.39, 0.29) is 28.6 Å². The summed E-state index contributed by atoms with van der Waals surface area (Å²) in [5.41, 5.74) is 0.864. The number of allylic oxidation sites excluding steroid dienone is 1. The number of hydrogen-bond donors (Lipinski definition) is 2. The summed E-state index contributed by atoms with van der Waals surface area (Å²) in [4.78, 5) is 12.4. The number of Topliss-reactive ketones (excluding diaryl/α,β-unsaturated/α-hetero) is 1. The number of hydrogen-bond acceptors (Lipinski definition) is 3. The maximum Gasteiger partial charge on any atom is 0.162 e. The molecule has 2 unspecified atom stereocenters. The number of fused-ring (bicyclic) bond motifs is 5. The standard InChI is InChI=1S/C21H32O3/c1-12-15(11-22)18(23)10-13-4-5-14-16-6-7-19(24)20(16,2)9-8-17(14)21(12,13)3/h11-14,16-17,19,22,24H,4-10H2,1-3H3/b15-11+/t12?,13?,14-,16-,17-,19+,20-,21-/m0/s1. The zero-order valence-electron chi connectivity index (χ0n) is 15.3. The van der Waals surface area contributed by atoms with Gasteiger partial charge >= 0.3 is 0 Å². The van der Waals surface area contributed by atoms with Crippen LogP contribution in [0.5, 0.6) is 0 Å². The van der Waals surface area contributed by atoms with Crippen LogP contribution in [0.3, 0.4) is 0 Å². The van der Waals surface area contributed by atoms with E-state index in [2.05, 4.69) is 20.8 Å². The van der Waals surface area contributed by atoms with E-state index in [4.69, 9.17) is 0 Å². The second-order valence-electron chi connectivity index (χ2n) is 9.59. The molecular weight excluding hydrogens is 300 g/mol. The molecule has 0 aliphatic heterocycles. The molecule has 0 radical (unpaired) electrons. The first-order valence-electron chi connectivity index (χ1n) is 9.89. The van der Waals surface area contributed by atoms with Gasteiger partial charge in [0.05, 0.1) is 12.4 Å². The topological polar surface area (TPSA) is 57.5 Å². The van der Waals surface area contributed by atoms with Gasteiger partial charge < -0.3 is 10.2 Å². The third-order valence-electron chi connectivity index (χ3n) is 9.21. The van der Waals surface area contributed by atoms with E-state index in [1.54, 1.807) is 0 Å². The van der Waals surface area contributed by atoms with Crippen molar-refractivity contribution in [3.05, 3.63) is 11.8 Å². The highest BCUT2D eigenvalue weighted by atomic mass is 16.3. The molecule has 0 spiro atoms. The average molecular weight is 332 g/mol. The first-order valence-corrected chi connectivity index (χ1v) is 9.89. The first-order chi connectivity index (χ1) is 11.3. The van der Waals surface area contributed by atoms with Gasteiger partial charge in [0.15, 0.2) is 5.78 Å². The average Bonchev–Trinajstić information content (AvgIpc) is 2.85. The lowest BCUT2D eigenvalue weighted by atomic mass is 9.42. The van der Waals surface area contributed by atoms with E-state index < -0.39 is 0 Å². The molecule has 0 bridgehead atoms. The maximum atomic E-state index is 12.4. The summed E-state index contributed by atoms with van der Waals surface area (Å²) in [6.07, 6.45) is 8.32. The number of aliphatic hydroxyl groups is 2. The molecule has 8 atom stereocenters. The van der Waals surface area contributed by atoms with Gasteiger partial charge in [-0.2, -0.15) is 0 Å². The number of carbonyl (C=O) groups is 1. The van der Waals surface area contributed by atoms with E-state index >= 15 is 0 Å². The van der Waals surface area contributed by atoms with E-state index in [9.17, 15) is 15.0 Å². The molecule has 0 aromatic rings. The van der Waals surface area contributed by atoms with E-state index in [0.29, 0.717) is 35.7 Å². The molecule has 0 aromatic heterocycles. The van der Waals surface area contributed by atoms with Crippen LogP contribution in [0, 0.1) is 40.4 Å². The van der Waals surface area contributed by atoms with Crippen LogP contribution in [-0.2, 0) is 4.79 Å². The number of rotatable bonds is 0. The molecule has 3 nitrogen and oxygen atoms in total. The van der Waals surface area contributed by atoms with Crippen LogP contribution in [0.1, 0.15) is 65.7 Å². The molecule has 3 heteroatoms. The Hall–Kier alpha value is -0.830. The van der Waals surface area contributed by atoms with E-state index in [1.165, 1.54) is 12.8 Å². The molecule has 0 amide bonds. The van der Waals surface area contributed by atoms with Crippen molar-refractivity contribution in [1.82, 2.24) is 0 Å². The van der Waals surface area contributed by atoms with E-state index in [0.717, 1.165) is 31.9 Å². The Morgan fingerprint density at radius 2 is 1.83 bits per heavy atom. The molecule has 4 rings (SSSR count). The normalized spacial score (nSPS) is 55.8. The fourth-order valence-electron chi connectivity index (χ4n) is 7.54. The number of aliphatic hydroxyl groups excluding tert-OH is 2. The Morgan fingerprint density at radius 1 is 1.08 bits per heavy atom. The fraction of sp³-hybridized carbons (Fsp3) is 0.857. The highest BCUT2D eigenvalue weighted by Gasteiger charge is 2.62. The Bertz CT molecular complexity index is 582. The number of ketones is 1. The van der Waals surface area contributed by atoms with Crippen molar-refractivity contribution in [2.75, 3.05) is 0 Å². The van der Waals surface area contributed by atoms with Crippen LogP contribution in [-0.4, -0.2) is 22.1 Å². The zero-order valence-corrected chi connectivity index (χ0v) is 15.3. The summed E-state index contributed by atoms with van der Waals surface area (Å²) in [5, 5.41) is 20.2. The predicted molar refractivity (Wildman–Crippen MR) is 93.4 cm³/mol. The van der Waals surface area contributed by atoms with Gasteiger partial charge in [-0.1, -0.05) is 20.8 Å². The second-order valence-corrected chi connectivity index (χ2v) is 9.59. The number of carbonyl (C=O) groups excluding carboxylic acids is 1. The van der Waals surface area contributed by atoms with Gasteiger partial charge in [0.1, 0.15) is 0 Å². The molecule has 4 aliphatic carbocycles. The Morgan fingerprint density at radius 3 is 2.54 bits per heavy atom. The maximum absolute atomic E-state index is 12.4. The van der Waals surface area contributed by atoms with Crippen LogP contribution in [0.4, 0.5) is 0 Å². The minimum Gasteiger partial charge on any atom is -0.515 e. The highest BCUT2D eigenvalue weighted by Crippen LogP contribution is 2.67. The van der Waals surface area contributed by atoms with Gasteiger partial charge in [0.25, 0.3) is 0 Å². The highest BCUT2D eigenvalue weighted by molar-refractivity contribution is 5.96. The van der Waals surface area contributed by atoms with Crippen LogP contribution in [0.2, 0.25) is 0 Å². The monoisotopic (exact) mass is 332 g/mol. The molecule has 0 aromatic carbocycles. The zero-order chi connectivity index (χ0) is 17.3. The SMILES string of the molecule is CC1/C(=C\O)C(=O)CC2CC[C@@H]3[C@H](CC[C@]4(C)[C@H](O)CC[C@@H]34)[C@]21C. The molecule has 24 heavy (non-hydrogen) atoms. The first kappa shape index (κ1) is 16.6. The summed E-state index contributed by atoms with van der Waals surface area (Å²) in [7, 11) is 0. The Labute approximate surface area is 145 Å². The molecule has 0 heterocycles. The molecular formula is C21H32O3. The van der Waals surface area contributed by atoms with Crippen molar-refractivity contribution in [3.63, 3.8) is 0 Å². The van der Waals surface area contributed by atoms with Gasteiger partial charge in [-0.05, 0) is 78.9 Å². The van der Waals surface area contributed by atoms with Crippen molar-refractivity contribution in [1.29, 1.82) is 0 Å². The summed E-state index contributed by atoms with van der Waals surface area (Å²) >= 11 is 0. The predicted octanol–water partition coefficient (Wildman–Crippen LogP) is 4.26. The fourth-order valence-corrected chi connectivity index (χ4v) is 7.54. The minimum absolute atomic E-state index is 0.105. The molecule has 4 fully saturated rings. The second kappa shape index (κ2) is 5.33. The summed E-state index contributed by atoms with van der Waals surface area (Å²) in [6, 6.07) is 0. The lowest BCUT2D eigenvalue weighted by molar-refractivity contribution is -0.145. The van der Waals surface area contributed by atoms with Crippen molar-refractivity contribution < 1.29 is 15.0 Å².